The SMILES string of the molecule is Cc1oc(Cn2cnc3ccsc3c2=O)cc1C(=O)NN. The van der Waals surface area contributed by atoms with Gasteiger partial charge in [-0.15, -0.1) is 11.3 Å². The zero-order valence-corrected chi connectivity index (χ0v) is 11.9. The number of amides is 1. The zero-order chi connectivity index (χ0) is 15.0. The van der Waals surface area contributed by atoms with Gasteiger partial charge in [0, 0.05) is 0 Å². The van der Waals surface area contributed by atoms with E-state index in [0.29, 0.717) is 27.3 Å². The smallest absolute Gasteiger partial charge is 0.271 e. The number of hydrogen-bond acceptors (Lipinski definition) is 6. The van der Waals surface area contributed by atoms with Crippen LogP contribution in [0.4, 0.5) is 0 Å². The fourth-order valence-corrected chi connectivity index (χ4v) is 2.88. The van der Waals surface area contributed by atoms with E-state index in [0.717, 1.165) is 0 Å². The zero-order valence-electron chi connectivity index (χ0n) is 11.1. The third kappa shape index (κ3) is 2.34. The summed E-state index contributed by atoms with van der Waals surface area (Å²) in [5.74, 6) is 5.62. The first-order valence-electron chi connectivity index (χ1n) is 6.13. The molecule has 7 nitrogen and oxygen atoms in total. The van der Waals surface area contributed by atoms with Gasteiger partial charge in [0.05, 0.1) is 24.0 Å². The number of aryl methyl sites for hydroxylation is 1. The lowest BCUT2D eigenvalue weighted by atomic mass is 10.2. The van der Waals surface area contributed by atoms with Gasteiger partial charge in [0.2, 0.25) is 0 Å². The van der Waals surface area contributed by atoms with Crippen LogP contribution in [0.5, 0.6) is 0 Å². The summed E-state index contributed by atoms with van der Waals surface area (Å²) in [6.07, 6.45) is 1.47. The van der Waals surface area contributed by atoms with Crippen molar-refractivity contribution in [2.45, 2.75) is 13.5 Å². The summed E-state index contributed by atoms with van der Waals surface area (Å²) in [6, 6.07) is 3.37. The van der Waals surface area contributed by atoms with E-state index in [9.17, 15) is 9.59 Å². The molecule has 3 aromatic rings. The third-order valence-corrected chi connectivity index (χ3v) is 4.00. The lowest BCUT2D eigenvalue weighted by Gasteiger charge is -2.02. The van der Waals surface area contributed by atoms with Crippen LogP contribution < -0.4 is 16.8 Å². The van der Waals surface area contributed by atoms with Gasteiger partial charge >= 0.3 is 0 Å². The van der Waals surface area contributed by atoms with Crippen LogP contribution in [0.3, 0.4) is 0 Å². The molecular weight excluding hydrogens is 292 g/mol. The molecule has 0 bridgehead atoms. The Balaban J connectivity index is 1.97. The van der Waals surface area contributed by atoms with Crippen LogP contribution in [0.1, 0.15) is 21.9 Å². The van der Waals surface area contributed by atoms with Gasteiger partial charge in [-0.05, 0) is 24.4 Å². The third-order valence-electron chi connectivity index (χ3n) is 3.11. The molecule has 3 aromatic heterocycles. The van der Waals surface area contributed by atoms with Crippen molar-refractivity contribution in [3.8, 4) is 0 Å². The van der Waals surface area contributed by atoms with E-state index in [1.165, 1.54) is 22.2 Å². The maximum absolute atomic E-state index is 12.3. The number of nitrogen functional groups attached to an aromatic ring is 1. The molecule has 0 radical (unpaired) electrons. The van der Waals surface area contributed by atoms with Gasteiger partial charge in [-0.1, -0.05) is 0 Å². The molecule has 8 heteroatoms. The number of nitrogens with zero attached hydrogens (tertiary/aromatic N) is 2. The van der Waals surface area contributed by atoms with Crippen LogP contribution in [-0.2, 0) is 6.54 Å². The van der Waals surface area contributed by atoms with Gasteiger partial charge in [-0.2, -0.15) is 0 Å². The number of nitrogens with two attached hydrogens (primary N) is 1. The monoisotopic (exact) mass is 304 g/mol. The van der Waals surface area contributed by atoms with Crippen molar-refractivity contribution in [2.24, 2.45) is 5.84 Å². The normalized spacial score (nSPS) is 11.0. The molecule has 0 aliphatic rings. The predicted octanol–water partition coefficient (Wildman–Crippen LogP) is 1.01. The minimum absolute atomic E-state index is 0.131. The van der Waals surface area contributed by atoms with E-state index in [1.807, 2.05) is 5.38 Å². The number of fused-ring (bicyclic) bond motifs is 1. The first-order chi connectivity index (χ1) is 10.1. The molecule has 0 fully saturated rings. The van der Waals surface area contributed by atoms with Crippen molar-refractivity contribution in [1.29, 1.82) is 0 Å². The number of thiophene rings is 1. The molecule has 1 amide bonds. The van der Waals surface area contributed by atoms with E-state index >= 15 is 0 Å². The Morgan fingerprint density at radius 2 is 2.38 bits per heavy atom. The second-order valence-corrected chi connectivity index (χ2v) is 5.38. The van der Waals surface area contributed by atoms with Crippen molar-refractivity contribution >= 4 is 27.5 Å². The number of rotatable bonds is 3. The maximum atomic E-state index is 12.3. The highest BCUT2D eigenvalue weighted by atomic mass is 32.1. The molecule has 108 valence electrons. The standard InChI is InChI=1S/C13H12N4O3S/c1-7-9(12(18)16-14)4-8(20-7)5-17-6-15-10-2-3-21-11(10)13(17)19/h2-4,6H,5,14H2,1H3,(H,16,18). The van der Waals surface area contributed by atoms with E-state index in [-0.39, 0.29) is 12.1 Å². The molecular formula is C13H12N4O3S. The molecule has 0 saturated carbocycles. The topological polar surface area (TPSA) is 103 Å². The van der Waals surface area contributed by atoms with Gasteiger partial charge in [0.25, 0.3) is 11.5 Å². The maximum Gasteiger partial charge on any atom is 0.271 e. The lowest BCUT2D eigenvalue weighted by molar-refractivity contribution is 0.0952. The van der Waals surface area contributed by atoms with E-state index in [4.69, 9.17) is 10.3 Å². The number of hydrazine groups is 1. The van der Waals surface area contributed by atoms with Crippen molar-refractivity contribution in [2.75, 3.05) is 0 Å². The summed E-state index contributed by atoms with van der Waals surface area (Å²) in [5.41, 5.74) is 2.96. The van der Waals surface area contributed by atoms with E-state index < -0.39 is 5.91 Å². The van der Waals surface area contributed by atoms with Crippen LogP contribution >= 0.6 is 11.3 Å². The highest BCUT2D eigenvalue weighted by Crippen LogP contribution is 2.17. The van der Waals surface area contributed by atoms with E-state index in [2.05, 4.69) is 10.4 Å². The molecule has 21 heavy (non-hydrogen) atoms. The van der Waals surface area contributed by atoms with Crippen LogP contribution in [0, 0.1) is 6.92 Å². The second kappa shape index (κ2) is 5.15. The quantitative estimate of drug-likeness (QED) is 0.427. The Morgan fingerprint density at radius 1 is 1.57 bits per heavy atom. The summed E-state index contributed by atoms with van der Waals surface area (Å²) in [7, 11) is 0. The van der Waals surface area contributed by atoms with Crippen molar-refractivity contribution in [3.05, 3.63) is 51.3 Å². The van der Waals surface area contributed by atoms with Crippen LogP contribution in [0.15, 0.2) is 33.1 Å². The number of nitrogens with one attached hydrogen (secondary N) is 1. The van der Waals surface area contributed by atoms with Gasteiger partial charge in [0.15, 0.2) is 0 Å². The Morgan fingerprint density at radius 3 is 3.14 bits per heavy atom. The van der Waals surface area contributed by atoms with Crippen LogP contribution in [-0.4, -0.2) is 15.5 Å². The Kier molecular flexibility index (Phi) is 3.32. The average molecular weight is 304 g/mol. The number of carbonyl (C=O) groups excluding carboxylic acids is 1. The second-order valence-electron chi connectivity index (χ2n) is 4.47. The van der Waals surface area contributed by atoms with E-state index in [1.54, 1.807) is 19.1 Å². The molecule has 0 atom stereocenters. The molecule has 3 N–H and O–H groups in total. The summed E-state index contributed by atoms with van der Waals surface area (Å²) in [4.78, 5) is 28.0. The molecule has 0 unspecified atom stereocenters. The molecule has 3 rings (SSSR count). The first-order valence-corrected chi connectivity index (χ1v) is 7.01. The summed E-state index contributed by atoms with van der Waals surface area (Å²) < 4.78 is 7.53. The van der Waals surface area contributed by atoms with Gasteiger partial charge < -0.3 is 4.42 Å². The number of aromatic nitrogens is 2. The Labute approximate surface area is 123 Å². The van der Waals surface area contributed by atoms with Crippen molar-refractivity contribution in [1.82, 2.24) is 15.0 Å². The molecule has 3 heterocycles. The van der Waals surface area contributed by atoms with Crippen LogP contribution in [0.25, 0.3) is 10.2 Å². The first kappa shape index (κ1) is 13.5. The molecule has 0 aliphatic carbocycles. The molecule has 0 spiro atoms. The fraction of sp³-hybridized carbons (Fsp3) is 0.154. The van der Waals surface area contributed by atoms with Crippen molar-refractivity contribution < 1.29 is 9.21 Å². The van der Waals surface area contributed by atoms with Gasteiger partial charge in [-0.25, -0.2) is 10.8 Å². The minimum Gasteiger partial charge on any atom is -0.464 e. The largest absolute Gasteiger partial charge is 0.464 e. The summed E-state index contributed by atoms with van der Waals surface area (Å²) in [6.45, 7) is 1.87. The predicted molar refractivity (Wildman–Crippen MR) is 78.1 cm³/mol. The number of furan rings is 1. The molecule has 0 saturated heterocycles. The Bertz CT molecular complexity index is 877. The average Bonchev–Trinajstić information content (AvgIpc) is 3.08. The summed E-state index contributed by atoms with van der Waals surface area (Å²) >= 11 is 1.35. The van der Waals surface area contributed by atoms with Gasteiger partial charge in [-0.3, -0.25) is 19.6 Å². The molecule has 0 aromatic carbocycles. The summed E-state index contributed by atoms with van der Waals surface area (Å²) in [5, 5.41) is 1.82. The fourth-order valence-electron chi connectivity index (χ4n) is 2.08. The highest BCUT2D eigenvalue weighted by Gasteiger charge is 2.15. The highest BCUT2D eigenvalue weighted by molar-refractivity contribution is 7.17. The lowest BCUT2D eigenvalue weighted by Crippen LogP contribution is -2.30. The molecule has 0 aliphatic heterocycles. The minimum atomic E-state index is -0.429. The van der Waals surface area contributed by atoms with Crippen molar-refractivity contribution in [3.63, 3.8) is 0 Å². The van der Waals surface area contributed by atoms with Gasteiger partial charge in [0.1, 0.15) is 16.2 Å². The van der Waals surface area contributed by atoms with Crippen LogP contribution in [0.2, 0.25) is 0 Å². The number of hydrogen-bond donors (Lipinski definition) is 2. The number of carbonyl (C=O) groups is 1. The Hall–Kier alpha value is -2.45.